The van der Waals surface area contributed by atoms with E-state index in [-0.39, 0.29) is 6.04 Å². The van der Waals surface area contributed by atoms with Crippen LogP contribution in [0.3, 0.4) is 0 Å². The molecule has 0 amide bonds. The van der Waals surface area contributed by atoms with Crippen LogP contribution >= 0.6 is 0 Å². The fourth-order valence-corrected chi connectivity index (χ4v) is 4.84. The SMILES string of the molecule is CCn1ncc(S(=O)(=O)N2CCNC[C@@H]2c2ccccc2)c1C. The van der Waals surface area contributed by atoms with Crippen LogP contribution in [0.15, 0.2) is 41.4 Å². The third-order valence-corrected chi connectivity index (χ3v) is 6.33. The second kappa shape index (κ2) is 6.43. The van der Waals surface area contributed by atoms with Crippen molar-refractivity contribution in [2.24, 2.45) is 0 Å². The van der Waals surface area contributed by atoms with Crippen molar-refractivity contribution in [3.8, 4) is 0 Å². The molecule has 3 rings (SSSR count). The predicted molar refractivity (Wildman–Crippen MR) is 88.6 cm³/mol. The largest absolute Gasteiger partial charge is 0.313 e. The van der Waals surface area contributed by atoms with E-state index in [0.717, 1.165) is 5.56 Å². The van der Waals surface area contributed by atoms with Gasteiger partial charge in [0, 0.05) is 26.2 Å². The summed E-state index contributed by atoms with van der Waals surface area (Å²) in [6.45, 7) is 6.15. The Morgan fingerprint density at radius 3 is 2.70 bits per heavy atom. The van der Waals surface area contributed by atoms with Crippen molar-refractivity contribution in [1.82, 2.24) is 19.4 Å². The number of benzene rings is 1. The van der Waals surface area contributed by atoms with Gasteiger partial charge in [-0.3, -0.25) is 4.68 Å². The van der Waals surface area contributed by atoms with Crippen molar-refractivity contribution in [3.63, 3.8) is 0 Å². The Labute approximate surface area is 137 Å². The lowest BCUT2D eigenvalue weighted by atomic mass is 10.1. The first-order chi connectivity index (χ1) is 11.1. The number of rotatable bonds is 4. The molecule has 0 unspecified atom stereocenters. The first-order valence-electron chi connectivity index (χ1n) is 7.85. The molecule has 1 N–H and O–H groups in total. The topological polar surface area (TPSA) is 67.2 Å². The fourth-order valence-electron chi connectivity index (χ4n) is 3.06. The maximum absolute atomic E-state index is 13.2. The maximum Gasteiger partial charge on any atom is 0.247 e. The fraction of sp³-hybridized carbons (Fsp3) is 0.438. The van der Waals surface area contributed by atoms with Crippen LogP contribution in [-0.4, -0.2) is 42.1 Å². The molecule has 1 atom stereocenters. The molecule has 2 aromatic rings. The van der Waals surface area contributed by atoms with Crippen molar-refractivity contribution in [2.75, 3.05) is 19.6 Å². The molecule has 1 aromatic carbocycles. The van der Waals surface area contributed by atoms with Gasteiger partial charge in [-0.2, -0.15) is 9.40 Å². The van der Waals surface area contributed by atoms with E-state index in [0.29, 0.717) is 36.8 Å². The minimum absolute atomic E-state index is 0.195. The molecule has 6 nitrogen and oxygen atoms in total. The molecule has 1 aromatic heterocycles. The number of aromatic nitrogens is 2. The Morgan fingerprint density at radius 2 is 2.04 bits per heavy atom. The minimum atomic E-state index is -3.57. The van der Waals surface area contributed by atoms with Gasteiger partial charge >= 0.3 is 0 Å². The number of aryl methyl sites for hydroxylation is 1. The minimum Gasteiger partial charge on any atom is -0.313 e. The Kier molecular flexibility index (Phi) is 4.52. The molecular formula is C16H22N4O2S. The van der Waals surface area contributed by atoms with E-state index < -0.39 is 10.0 Å². The summed E-state index contributed by atoms with van der Waals surface area (Å²) in [5, 5.41) is 7.48. The molecule has 124 valence electrons. The second-order valence-electron chi connectivity index (χ2n) is 5.66. The molecule has 1 saturated heterocycles. The summed E-state index contributed by atoms with van der Waals surface area (Å²) in [6.07, 6.45) is 1.47. The van der Waals surface area contributed by atoms with E-state index in [4.69, 9.17) is 0 Å². The molecule has 2 heterocycles. The van der Waals surface area contributed by atoms with Gasteiger partial charge in [-0.25, -0.2) is 8.42 Å². The average molecular weight is 334 g/mol. The number of piperazine rings is 1. The molecule has 7 heteroatoms. The van der Waals surface area contributed by atoms with Crippen LogP contribution in [0.2, 0.25) is 0 Å². The zero-order valence-corrected chi connectivity index (χ0v) is 14.3. The lowest BCUT2D eigenvalue weighted by molar-refractivity contribution is 0.271. The molecule has 1 fully saturated rings. The second-order valence-corrected chi connectivity index (χ2v) is 7.52. The van der Waals surface area contributed by atoms with Gasteiger partial charge in [0.25, 0.3) is 0 Å². The van der Waals surface area contributed by atoms with Crippen molar-refractivity contribution in [1.29, 1.82) is 0 Å². The van der Waals surface area contributed by atoms with E-state index in [2.05, 4.69) is 10.4 Å². The number of nitrogens with one attached hydrogen (secondary N) is 1. The van der Waals surface area contributed by atoms with E-state index in [1.807, 2.05) is 44.2 Å². The first kappa shape index (κ1) is 16.2. The van der Waals surface area contributed by atoms with Crippen LogP contribution in [-0.2, 0) is 16.6 Å². The van der Waals surface area contributed by atoms with E-state index in [1.165, 1.54) is 6.20 Å². The summed E-state index contributed by atoms with van der Waals surface area (Å²) in [7, 11) is -3.57. The monoisotopic (exact) mass is 334 g/mol. The van der Waals surface area contributed by atoms with Crippen molar-refractivity contribution < 1.29 is 8.42 Å². The third kappa shape index (κ3) is 2.91. The van der Waals surface area contributed by atoms with Crippen LogP contribution in [0.5, 0.6) is 0 Å². The molecule has 0 bridgehead atoms. The maximum atomic E-state index is 13.2. The van der Waals surface area contributed by atoms with Gasteiger partial charge in [0.2, 0.25) is 10.0 Å². The highest BCUT2D eigenvalue weighted by Crippen LogP contribution is 2.29. The zero-order chi connectivity index (χ0) is 16.4. The number of sulfonamides is 1. The summed E-state index contributed by atoms with van der Waals surface area (Å²) in [4.78, 5) is 0.308. The average Bonchev–Trinajstić information content (AvgIpc) is 2.97. The summed E-state index contributed by atoms with van der Waals surface area (Å²) in [6, 6.07) is 9.57. The third-order valence-electron chi connectivity index (χ3n) is 4.32. The molecule has 1 aliphatic heterocycles. The highest BCUT2D eigenvalue weighted by molar-refractivity contribution is 7.89. The number of hydrogen-bond acceptors (Lipinski definition) is 4. The van der Waals surface area contributed by atoms with Crippen LogP contribution in [0.1, 0.15) is 24.2 Å². The van der Waals surface area contributed by atoms with E-state index in [9.17, 15) is 8.42 Å². The van der Waals surface area contributed by atoms with Gasteiger partial charge < -0.3 is 5.32 Å². The van der Waals surface area contributed by atoms with Crippen LogP contribution < -0.4 is 5.32 Å². The number of hydrogen-bond donors (Lipinski definition) is 1. The Bertz CT molecular complexity index is 771. The lowest BCUT2D eigenvalue weighted by Gasteiger charge is -2.35. The Balaban J connectivity index is 2.01. The highest BCUT2D eigenvalue weighted by atomic mass is 32.2. The van der Waals surface area contributed by atoms with Gasteiger partial charge in [-0.05, 0) is 19.4 Å². The van der Waals surface area contributed by atoms with Crippen molar-refractivity contribution >= 4 is 10.0 Å². The van der Waals surface area contributed by atoms with E-state index >= 15 is 0 Å². The lowest BCUT2D eigenvalue weighted by Crippen LogP contribution is -2.48. The highest BCUT2D eigenvalue weighted by Gasteiger charge is 2.36. The van der Waals surface area contributed by atoms with Crippen LogP contribution in [0.4, 0.5) is 0 Å². The molecule has 1 aliphatic rings. The van der Waals surface area contributed by atoms with Crippen molar-refractivity contribution in [3.05, 3.63) is 47.8 Å². The normalized spacial score (nSPS) is 19.8. The Hall–Kier alpha value is -1.70. The van der Waals surface area contributed by atoms with Gasteiger partial charge in [0.1, 0.15) is 4.90 Å². The molecule has 0 radical (unpaired) electrons. The molecule has 0 aliphatic carbocycles. The van der Waals surface area contributed by atoms with Crippen molar-refractivity contribution in [2.45, 2.75) is 31.3 Å². The molecular weight excluding hydrogens is 312 g/mol. The molecule has 0 spiro atoms. The standard InChI is InChI=1S/C16H22N4O2S/c1-3-19-13(2)16(12-18-19)23(21,22)20-10-9-17-11-15(20)14-7-5-4-6-8-14/h4-8,12,15,17H,3,9-11H2,1-2H3/t15-/m1/s1. The van der Waals surface area contributed by atoms with Gasteiger partial charge in [-0.15, -0.1) is 0 Å². The molecule has 0 saturated carbocycles. The summed E-state index contributed by atoms with van der Waals surface area (Å²) < 4.78 is 29.6. The summed E-state index contributed by atoms with van der Waals surface area (Å²) >= 11 is 0. The predicted octanol–water partition coefficient (Wildman–Crippen LogP) is 1.55. The quantitative estimate of drug-likeness (QED) is 0.921. The van der Waals surface area contributed by atoms with Gasteiger partial charge in [-0.1, -0.05) is 30.3 Å². The zero-order valence-electron chi connectivity index (χ0n) is 13.4. The summed E-state index contributed by atoms with van der Waals surface area (Å²) in [5.74, 6) is 0. The van der Waals surface area contributed by atoms with Crippen LogP contribution in [0, 0.1) is 6.92 Å². The number of nitrogens with zero attached hydrogens (tertiary/aromatic N) is 3. The van der Waals surface area contributed by atoms with Gasteiger partial charge in [0.15, 0.2) is 0 Å². The molecule has 23 heavy (non-hydrogen) atoms. The summed E-state index contributed by atoms with van der Waals surface area (Å²) in [5.41, 5.74) is 1.70. The smallest absolute Gasteiger partial charge is 0.247 e. The first-order valence-corrected chi connectivity index (χ1v) is 9.29. The Morgan fingerprint density at radius 1 is 1.30 bits per heavy atom. The van der Waals surface area contributed by atoms with E-state index in [1.54, 1.807) is 8.99 Å². The van der Waals surface area contributed by atoms with Gasteiger partial charge in [0.05, 0.1) is 17.9 Å². The van der Waals surface area contributed by atoms with Crippen LogP contribution in [0.25, 0.3) is 0 Å².